The lowest BCUT2D eigenvalue weighted by atomic mass is 9.95. The molecule has 2 amide bonds. The first-order valence-electron chi connectivity index (χ1n) is 16.6. The minimum atomic E-state index is -0.270. The molecule has 47 heavy (non-hydrogen) atoms. The number of amides is 2. The lowest BCUT2D eigenvalue weighted by Gasteiger charge is -2.14. The third-order valence-corrected chi connectivity index (χ3v) is 15.4. The molecule has 0 aliphatic carbocycles. The number of thiophene rings is 4. The van der Waals surface area contributed by atoms with Gasteiger partial charge in [0.15, 0.2) is 0 Å². The highest BCUT2D eigenvalue weighted by atomic mass is 79.9. The van der Waals surface area contributed by atoms with E-state index in [1.165, 1.54) is 75.5 Å². The van der Waals surface area contributed by atoms with Crippen LogP contribution in [0.5, 0.6) is 0 Å². The molecule has 4 aromatic heterocycles. The van der Waals surface area contributed by atoms with Crippen LogP contribution in [0.25, 0.3) is 39.7 Å². The number of carbonyl (C=O) groups is 2. The Balaban J connectivity index is 1.16. The number of nitrogens with zero attached hydrogens (tertiary/aromatic N) is 1. The van der Waals surface area contributed by atoms with E-state index in [1.54, 1.807) is 45.3 Å². The Morgan fingerprint density at radius 3 is 1.28 bits per heavy atom. The van der Waals surface area contributed by atoms with E-state index in [9.17, 15) is 9.59 Å². The molecule has 1 aliphatic rings. The van der Waals surface area contributed by atoms with E-state index in [-0.39, 0.29) is 11.8 Å². The lowest BCUT2D eigenvalue weighted by molar-refractivity contribution is 0.0652. The second kappa shape index (κ2) is 16.5. The van der Waals surface area contributed by atoms with Gasteiger partial charge in [-0.25, -0.2) is 0 Å². The van der Waals surface area contributed by atoms with Gasteiger partial charge in [-0.1, -0.05) is 114 Å². The smallest absolute Gasteiger partial charge is 0.262 e. The highest BCUT2D eigenvalue weighted by Gasteiger charge is 2.43. The number of halogens is 4. The van der Waals surface area contributed by atoms with Crippen molar-refractivity contribution in [2.24, 2.45) is 0 Å². The molecular formula is C36H37Br2Cl2NO2S4. The van der Waals surface area contributed by atoms with Gasteiger partial charge in [0.05, 0.1) is 28.7 Å². The van der Waals surface area contributed by atoms with Gasteiger partial charge < -0.3 is 0 Å². The summed E-state index contributed by atoms with van der Waals surface area (Å²) in [7, 11) is 0. The Hall–Kier alpha value is -0.780. The molecule has 250 valence electrons. The fourth-order valence-electron chi connectivity index (χ4n) is 6.47. The standard InChI is InChI=1S/C36H37Br2Cl2NO2S4/c1-2-3-4-5-6-7-8-9-10-11-12-13-14-15-16-41-35(42)31-29(25-17-21-23(44-25)19-27(37)46-21)33(39)34(40)30(32(31)36(41)43)26-18-22-24(45-26)20-28(38)47-22/h17-20H,2-16H2,1H3. The Kier molecular flexibility index (Phi) is 12.6. The van der Waals surface area contributed by atoms with Gasteiger partial charge >= 0.3 is 0 Å². The average molecular weight is 875 g/mol. The van der Waals surface area contributed by atoms with Gasteiger partial charge in [0.25, 0.3) is 11.8 Å². The Morgan fingerprint density at radius 2 is 0.894 bits per heavy atom. The van der Waals surface area contributed by atoms with Crippen molar-refractivity contribution in [2.75, 3.05) is 6.54 Å². The fraction of sp³-hybridized carbons (Fsp3) is 0.444. The molecule has 0 saturated carbocycles. The zero-order valence-corrected chi connectivity index (χ0v) is 34.3. The van der Waals surface area contributed by atoms with Crippen molar-refractivity contribution >= 4 is 131 Å². The largest absolute Gasteiger partial charge is 0.274 e. The molecule has 0 N–H and O–H groups in total. The van der Waals surface area contributed by atoms with Crippen molar-refractivity contribution in [3.05, 3.63) is 53.0 Å². The summed E-state index contributed by atoms with van der Waals surface area (Å²) < 4.78 is 6.49. The second-order valence-electron chi connectivity index (χ2n) is 12.3. The summed E-state index contributed by atoms with van der Waals surface area (Å²) in [6.07, 6.45) is 17.6. The van der Waals surface area contributed by atoms with Crippen LogP contribution in [0, 0.1) is 0 Å². The van der Waals surface area contributed by atoms with Crippen molar-refractivity contribution in [3.8, 4) is 20.9 Å². The van der Waals surface area contributed by atoms with Crippen molar-refractivity contribution in [1.29, 1.82) is 0 Å². The van der Waals surface area contributed by atoms with E-state index in [0.717, 1.165) is 55.4 Å². The molecule has 0 spiro atoms. The SMILES string of the molecule is CCCCCCCCCCCCCCCCN1C(=O)c2c(c(-c3cc4sc(Br)cc4s3)c(Cl)c(Cl)c2-c2cc3sc(Br)cc3s2)C1=O. The van der Waals surface area contributed by atoms with Crippen molar-refractivity contribution in [1.82, 2.24) is 4.90 Å². The predicted octanol–water partition coefficient (Wildman–Crippen LogP) is 15.5. The van der Waals surface area contributed by atoms with Gasteiger partial charge in [-0.2, -0.15) is 0 Å². The maximum atomic E-state index is 14.2. The van der Waals surface area contributed by atoms with Crippen LogP contribution in [0.4, 0.5) is 0 Å². The average Bonchev–Trinajstić information content (AvgIpc) is 3.82. The molecule has 6 rings (SSSR count). The second-order valence-corrected chi connectivity index (χ2v) is 20.1. The molecule has 1 aromatic carbocycles. The molecule has 5 heterocycles. The van der Waals surface area contributed by atoms with Crippen LogP contribution < -0.4 is 0 Å². The van der Waals surface area contributed by atoms with Crippen LogP contribution in [-0.2, 0) is 0 Å². The third kappa shape index (κ3) is 7.93. The van der Waals surface area contributed by atoms with Crippen molar-refractivity contribution in [3.63, 3.8) is 0 Å². The third-order valence-electron chi connectivity index (χ3n) is 8.88. The van der Waals surface area contributed by atoms with Gasteiger partial charge in [0.2, 0.25) is 0 Å². The molecule has 0 saturated heterocycles. The zero-order valence-electron chi connectivity index (χ0n) is 26.3. The van der Waals surface area contributed by atoms with Crippen LogP contribution in [0.1, 0.15) is 118 Å². The number of hydrogen-bond acceptors (Lipinski definition) is 6. The number of hydrogen-bond donors (Lipinski definition) is 0. The summed E-state index contributed by atoms with van der Waals surface area (Å²) in [5, 5.41) is 0.650. The lowest BCUT2D eigenvalue weighted by Crippen LogP contribution is -2.30. The number of benzene rings is 1. The Labute approximate surface area is 319 Å². The number of fused-ring (bicyclic) bond motifs is 3. The van der Waals surface area contributed by atoms with Gasteiger partial charge in [-0.05, 0) is 62.5 Å². The summed E-state index contributed by atoms with van der Waals surface area (Å²) in [6, 6.07) is 8.26. The van der Waals surface area contributed by atoms with E-state index < -0.39 is 0 Å². The topological polar surface area (TPSA) is 37.4 Å². The first kappa shape index (κ1) is 36.0. The summed E-state index contributed by atoms with van der Waals surface area (Å²) in [6.45, 7) is 2.67. The summed E-state index contributed by atoms with van der Waals surface area (Å²) in [5.41, 5.74) is 1.91. The van der Waals surface area contributed by atoms with Crippen molar-refractivity contribution in [2.45, 2.75) is 96.8 Å². The summed E-state index contributed by atoms with van der Waals surface area (Å²) in [5.74, 6) is -0.540. The minimum absolute atomic E-state index is 0.270. The Morgan fingerprint density at radius 1 is 0.532 bits per heavy atom. The van der Waals surface area contributed by atoms with Gasteiger partial charge in [0.1, 0.15) is 0 Å². The molecule has 5 aromatic rings. The minimum Gasteiger partial charge on any atom is -0.274 e. The van der Waals surface area contributed by atoms with E-state index in [4.69, 9.17) is 23.2 Å². The zero-order chi connectivity index (χ0) is 33.1. The molecule has 0 radical (unpaired) electrons. The van der Waals surface area contributed by atoms with Gasteiger partial charge in [-0.15, -0.1) is 45.3 Å². The van der Waals surface area contributed by atoms with E-state index in [2.05, 4.69) is 63.0 Å². The predicted molar refractivity (Wildman–Crippen MR) is 215 cm³/mol. The highest BCUT2D eigenvalue weighted by molar-refractivity contribution is 9.11. The molecule has 0 fully saturated rings. The van der Waals surface area contributed by atoms with E-state index in [0.29, 0.717) is 38.8 Å². The molecular weight excluding hydrogens is 837 g/mol. The van der Waals surface area contributed by atoms with Crippen LogP contribution in [0.3, 0.4) is 0 Å². The molecule has 0 bridgehead atoms. The number of carbonyl (C=O) groups excluding carboxylic acids is 2. The first-order chi connectivity index (χ1) is 22.8. The molecule has 1 aliphatic heterocycles. The quantitative estimate of drug-likeness (QED) is 0.0689. The summed E-state index contributed by atoms with van der Waals surface area (Å²) >= 11 is 27.7. The monoisotopic (exact) mass is 871 g/mol. The normalized spacial score (nSPS) is 13.3. The molecule has 3 nitrogen and oxygen atoms in total. The Bertz CT molecular complexity index is 1720. The van der Waals surface area contributed by atoms with Crippen molar-refractivity contribution < 1.29 is 9.59 Å². The maximum Gasteiger partial charge on any atom is 0.262 e. The number of unbranched alkanes of at least 4 members (excludes halogenated alkanes) is 13. The number of rotatable bonds is 17. The van der Waals surface area contributed by atoms with Crippen LogP contribution >= 0.6 is 100 Å². The van der Waals surface area contributed by atoms with Gasteiger partial charge in [-0.3, -0.25) is 14.5 Å². The van der Waals surface area contributed by atoms with E-state index >= 15 is 0 Å². The molecule has 11 heteroatoms. The number of imide groups is 1. The van der Waals surface area contributed by atoms with Crippen LogP contribution in [-0.4, -0.2) is 23.3 Å². The maximum absolute atomic E-state index is 14.2. The van der Waals surface area contributed by atoms with Crippen LogP contribution in [0.15, 0.2) is 31.8 Å². The fourth-order valence-corrected chi connectivity index (χ4v) is 13.3. The summed E-state index contributed by atoms with van der Waals surface area (Å²) in [4.78, 5) is 31.5. The van der Waals surface area contributed by atoms with E-state index in [1.807, 2.05) is 0 Å². The van der Waals surface area contributed by atoms with Gasteiger partial charge in [0, 0.05) is 46.2 Å². The highest BCUT2D eigenvalue weighted by Crippen LogP contribution is 2.53. The molecule has 0 unspecified atom stereocenters. The molecule has 0 atom stereocenters. The first-order valence-corrected chi connectivity index (χ1v) is 22.2. The van der Waals surface area contributed by atoms with Crippen LogP contribution in [0.2, 0.25) is 10.0 Å².